The van der Waals surface area contributed by atoms with E-state index in [4.69, 9.17) is 52.2 Å². The summed E-state index contributed by atoms with van der Waals surface area (Å²) < 4.78 is 19.8. The van der Waals surface area contributed by atoms with Crippen LogP contribution < -0.4 is 49.7 Å². The number of carboxylic acid groups (broad SMARTS) is 1. The molecule has 26 heteroatoms. The number of carboxylic acids is 1. The highest BCUT2D eigenvalue weighted by Gasteiger charge is 2.35. The van der Waals surface area contributed by atoms with Crippen molar-refractivity contribution in [3.63, 3.8) is 0 Å². The van der Waals surface area contributed by atoms with Gasteiger partial charge in [0, 0.05) is 77.7 Å². The van der Waals surface area contributed by atoms with Crippen molar-refractivity contribution in [3.8, 4) is 12.3 Å². The Labute approximate surface area is 409 Å². The molecule has 5 heterocycles. The molecule has 2 aliphatic rings. The average molecular weight is 989 g/mol. The number of aliphatic carboxylic acids is 1. The Hall–Kier alpha value is -5.94. The lowest BCUT2D eigenvalue weighted by Gasteiger charge is -2.38. The summed E-state index contributed by atoms with van der Waals surface area (Å²) in [7, 11) is 0. The van der Waals surface area contributed by atoms with Gasteiger partial charge in [-0.15, -0.1) is 16.6 Å². The number of nitrogens with two attached hydrogens (primary N) is 2. The maximum absolute atomic E-state index is 14.2. The molecule has 3 aromatic heterocycles. The van der Waals surface area contributed by atoms with Crippen LogP contribution in [0.4, 0.5) is 17.8 Å². The van der Waals surface area contributed by atoms with Gasteiger partial charge in [0.2, 0.25) is 29.7 Å². The molecule has 2 aliphatic heterocycles. The van der Waals surface area contributed by atoms with Gasteiger partial charge in [-0.25, -0.2) is 9.36 Å². The van der Waals surface area contributed by atoms with Crippen LogP contribution in [0.2, 0.25) is 0 Å². The fourth-order valence-corrected chi connectivity index (χ4v) is 7.78. The first-order chi connectivity index (χ1) is 33.0. The molecule has 3 atom stereocenters. The van der Waals surface area contributed by atoms with Gasteiger partial charge in [0.25, 0.3) is 0 Å². The van der Waals surface area contributed by atoms with Crippen molar-refractivity contribution >= 4 is 41.6 Å². The highest BCUT2D eigenvalue weighted by Crippen LogP contribution is 2.26. The number of ether oxygens (including phenoxy) is 3. The Balaban J connectivity index is 0.0000104. The maximum atomic E-state index is 14.2. The number of carbonyl (C=O) groups is 3. The Morgan fingerprint density at radius 1 is 0.826 bits per heavy atom. The quantitative estimate of drug-likeness (QED) is 0.0157. The number of rotatable bonds is 30. The third kappa shape index (κ3) is 17.8. The van der Waals surface area contributed by atoms with Gasteiger partial charge >= 0.3 is 11.9 Å². The highest BCUT2D eigenvalue weighted by atomic mass is 35.5. The lowest BCUT2D eigenvalue weighted by molar-refractivity contribution is -0.459. The molecule has 0 spiro atoms. The van der Waals surface area contributed by atoms with Gasteiger partial charge in [-0.3, -0.25) is 30.8 Å². The fourth-order valence-electron chi connectivity index (χ4n) is 7.78. The number of unbranched alkanes of at least 4 members (excludes halogenated alkanes) is 1. The number of aromatic nitrogens is 9. The van der Waals surface area contributed by atoms with Crippen LogP contribution in [-0.2, 0) is 41.4 Å². The second-order valence-electron chi connectivity index (χ2n) is 16.7. The maximum Gasteiger partial charge on any atom is 0.338 e. The van der Waals surface area contributed by atoms with Crippen LogP contribution in [-0.4, -0.2) is 195 Å². The van der Waals surface area contributed by atoms with Gasteiger partial charge in [-0.1, -0.05) is 36.6 Å². The van der Waals surface area contributed by atoms with E-state index in [1.165, 1.54) is 0 Å². The first-order valence-electron chi connectivity index (χ1n) is 23.7. The minimum absolute atomic E-state index is 0. The summed E-state index contributed by atoms with van der Waals surface area (Å²) in [5, 5.41) is 29.6. The third-order valence-corrected chi connectivity index (χ3v) is 11.8. The van der Waals surface area contributed by atoms with Crippen LogP contribution in [0.5, 0.6) is 0 Å². The third-order valence-electron chi connectivity index (χ3n) is 11.8. The van der Waals surface area contributed by atoms with E-state index in [2.05, 4.69) is 61.3 Å². The summed E-state index contributed by atoms with van der Waals surface area (Å²) >= 11 is 0. The Bertz CT molecular complexity index is 2080. The Kier molecular flexibility index (Phi) is 24.1. The number of piperazine rings is 2. The number of carbonyl (C=O) groups excluding carboxylic acids is 2. The first kappa shape index (κ1) is 55.7. The largest absolute Gasteiger partial charge is 1.00 e. The molecule has 382 valence electrons. The van der Waals surface area contributed by atoms with Gasteiger partial charge in [-0.2, -0.15) is 15.0 Å². The molecule has 2 saturated heterocycles. The van der Waals surface area contributed by atoms with Crippen LogP contribution >= 0.6 is 0 Å². The molecule has 69 heavy (non-hydrogen) atoms. The standard InChI is InChI=1S/C43H70N18O7.ClH/c1-4-24-66-26-28-68-29-27-67-25-15-48-41-49-42(58-20-16-56(17-21-58)38(64)35(10-6-7-13-44)60-30-34(53-54-60)11-12-36(62)63)51-43(50-41)59-22-18-57(19-23-59)39(65)37(32(3)5-2)61-31-33(52-55-61)9-8-14-47-40(45)46;/h1,30-32,35,37H,5-29,44H2,2-3H3,(H,62,63)(H4,45,46,47)(H,48,49,50,51);1H/p+1. The van der Waals surface area contributed by atoms with Gasteiger partial charge < -0.3 is 62.4 Å². The van der Waals surface area contributed by atoms with E-state index in [1.54, 1.807) is 15.6 Å². The molecule has 5 rings (SSSR count). The van der Waals surface area contributed by atoms with Crippen molar-refractivity contribution in [2.75, 3.05) is 127 Å². The minimum atomic E-state index is -0.922. The molecule has 25 nitrogen and oxygen atoms in total. The number of terminal acetylenes is 1. The monoisotopic (exact) mass is 988 g/mol. The summed E-state index contributed by atoms with van der Waals surface area (Å²) in [6, 6.07) is -1.08. The number of hydrogen-bond acceptors (Lipinski definition) is 16. The number of amides is 2. The predicted molar refractivity (Wildman–Crippen MR) is 250 cm³/mol. The van der Waals surface area contributed by atoms with E-state index < -0.39 is 18.1 Å². The van der Waals surface area contributed by atoms with E-state index in [9.17, 15) is 14.4 Å². The van der Waals surface area contributed by atoms with Crippen LogP contribution in [0.15, 0.2) is 12.4 Å². The number of anilines is 3. The number of quaternary nitrogens is 1. The normalized spacial score (nSPS) is 15.2. The second-order valence-corrected chi connectivity index (χ2v) is 16.7. The number of nitrogens with one attached hydrogen (secondary N) is 2. The van der Waals surface area contributed by atoms with E-state index >= 15 is 0 Å². The van der Waals surface area contributed by atoms with Crippen LogP contribution in [0, 0.1) is 18.3 Å². The summed E-state index contributed by atoms with van der Waals surface area (Å²) in [4.78, 5) is 64.8. The van der Waals surface area contributed by atoms with Gasteiger partial charge in [0.15, 0.2) is 0 Å². The lowest BCUT2D eigenvalue weighted by atomic mass is 9.97. The number of aryl methyl sites for hydroxylation is 2. The highest BCUT2D eigenvalue weighted by molar-refractivity contribution is 5.81. The van der Waals surface area contributed by atoms with E-state index in [0.717, 1.165) is 37.9 Å². The predicted octanol–water partition coefficient (Wildman–Crippen LogP) is -6.30. The number of hydrogen-bond donors (Lipinski definition) is 6. The summed E-state index contributed by atoms with van der Waals surface area (Å²) in [6.07, 6.45) is 13.3. The second kappa shape index (κ2) is 29.8. The molecule has 2 amide bonds. The molecule has 0 aromatic carbocycles. The van der Waals surface area contributed by atoms with Crippen molar-refractivity contribution < 1.29 is 56.8 Å². The fraction of sp³-hybridized carbons (Fsp3) is 0.698. The molecular weight excluding hydrogens is 916 g/mol. The number of nitrogens with zero attached hydrogens (tertiary/aromatic N) is 13. The molecular formula is C43H72ClN18O7+. The van der Waals surface area contributed by atoms with Gasteiger partial charge in [0.1, 0.15) is 18.7 Å². The van der Waals surface area contributed by atoms with Crippen LogP contribution in [0.25, 0.3) is 0 Å². The van der Waals surface area contributed by atoms with Gasteiger partial charge in [-0.05, 0) is 38.0 Å². The molecule has 2 fully saturated rings. The molecule has 10 N–H and O–H groups in total. The summed E-state index contributed by atoms with van der Waals surface area (Å²) in [5.41, 5.74) is 16.3. The van der Waals surface area contributed by atoms with Crippen molar-refractivity contribution in [2.45, 2.75) is 77.3 Å². The van der Waals surface area contributed by atoms with Crippen molar-refractivity contribution in [2.24, 2.45) is 17.4 Å². The average Bonchev–Trinajstić information content (AvgIpc) is 4.02. The van der Waals surface area contributed by atoms with Crippen LogP contribution in [0.1, 0.15) is 75.8 Å². The summed E-state index contributed by atoms with van der Waals surface area (Å²) in [6.45, 7) is 11.9. The minimum Gasteiger partial charge on any atom is -1.00 e. The topological polar surface area (TPSA) is 318 Å². The zero-order valence-corrected chi connectivity index (χ0v) is 40.8. The molecule has 3 unspecified atom stereocenters. The molecule has 0 radical (unpaired) electrons. The molecule has 0 saturated carbocycles. The van der Waals surface area contributed by atoms with E-state index in [0.29, 0.717) is 135 Å². The van der Waals surface area contributed by atoms with E-state index in [-0.39, 0.29) is 55.5 Å². The number of halogens is 1. The van der Waals surface area contributed by atoms with Gasteiger partial charge in [0.05, 0.1) is 63.9 Å². The van der Waals surface area contributed by atoms with E-state index in [1.807, 2.05) is 20.9 Å². The zero-order chi connectivity index (χ0) is 48.7. The molecule has 0 aliphatic carbocycles. The SMILES string of the molecule is C#CCOCCOCCOCCNc1nc(N2CCN(C(=O)C(CCCC[NH3+])n3cc(CCC(=O)O)nn3)CC2)nc(N2CCN(C(=O)C(C(C)CC)n3cc(CCC[NH+]=C(N)N)nn3)CC2)n1.[Cl-]. The number of guanidine groups is 1. The molecule has 0 bridgehead atoms. The van der Waals surface area contributed by atoms with Crippen molar-refractivity contribution in [1.82, 2.24) is 54.7 Å². The van der Waals surface area contributed by atoms with Crippen molar-refractivity contribution in [1.29, 1.82) is 0 Å². The molecule has 3 aromatic rings. The smallest absolute Gasteiger partial charge is 0.338 e. The van der Waals surface area contributed by atoms with Crippen molar-refractivity contribution in [3.05, 3.63) is 23.8 Å². The zero-order valence-electron chi connectivity index (χ0n) is 40.1. The lowest BCUT2D eigenvalue weighted by Crippen LogP contribution is -3.00. The summed E-state index contributed by atoms with van der Waals surface area (Å²) in [5.74, 6) is 2.93. The Morgan fingerprint density at radius 2 is 1.41 bits per heavy atom. The van der Waals surface area contributed by atoms with Crippen LogP contribution in [0.3, 0.4) is 0 Å². The Morgan fingerprint density at radius 3 is 2.00 bits per heavy atom. The first-order valence-corrected chi connectivity index (χ1v) is 23.7.